The highest BCUT2D eigenvalue weighted by atomic mass is 15.1. The fourth-order valence-electron chi connectivity index (χ4n) is 3.30. The number of hydrogen-bond donors (Lipinski definition) is 1. The van der Waals surface area contributed by atoms with E-state index in [1.54, 1.807) is 0 Å². The number of allylic oxidation sites excluding steroid dienone is 7. The topological polar surface area (TPSA) is 18.5 Å². The van der Waals surface area contributed by atoms with Crippen LogP contribution in [0.15, 0.2) is 84.6 Å². The zero-order chi connectivity index (χ0) is 22.9. The molecule has 0 radical (unpaired) electrons. The van der Waals surface area contributed by atoms with Crippen molar-refractivity contribution in [3.8, 4) is 0 Å². The molecule has 1 N–H and O–H groups in total. The summed E-state index contributed by atoms with van der Waals surface area (Å²) < 4.78 is 0. The Morgan fingerprint density at radius 1 is 0.933 bits per heavy atom. The van der Waals surface area contributed by atoms with Gasteiger partial charge in [-0.05, 0) is 56.7 Å². The highest BCUT2D eigenvalue weighted by Crippen LogP contribution is 2.21. The lowest BCUT2D eigenvalue weighted by molar-refractivity contribution is 0.399. The van der Waals surface area contributed by atoms with E-state index in [4.69, 9.17) is 0 Å². The van der Waals surface area contributed by atoms with Gasteiger partial charge in [0.2, 0.25) is 0 Å². The van der Waals surface area contributed by atoms with Crippen LogP contribution in [0.4, 0.5) is 0 Å². The molecule has 0 saturated heterocycles. The van der Waals surface area contributed by atoms with E-state index in [1.807, 2.05) is 65.2 Å². The van der Waals surface area contributed by atoms with Gasteiger partial charge in [-0.3, -0.25) is 0 Å². The third kappa shape index (κ3) is 10.9. The molecule has 0 aromatic heterocycles. The van der Waals surface area contributed by atoms with Gasteiger partial charge in [-0.25, -0.2) is 0 Å². The molecule has 3 nitrogen and oxygen atoms in total. The summed E-state index contributed by atoms with van der Waals surface area (Å²) in [6.45, 7) is 16.5. The molecule has 0 aliphatic heterocycles. The van der Waals surface area contributed by atoms with Crippen LogP contribution in [0.3, 0.4) is 0 Å². The second-order valence-corrected chi connectivity index (χ2v) is 7.49. The van der Waals surface area contributed by atoms with Crippen molar-refractivity contribution in [2.75, 3.05) is 21.1 Å². The van der Waals surface area contributed by atoms with Gasteiger partial charge in [-0.15, -0.1) is 0 Å². The van der Waals surface area contributed by atoms with E-state index in [1.165, 1.54) is 32.1 Å². The van der Waals surface area contributed by atoms with Crippen LogP contribution >= 0.6 is 0 Å². The van der Waals surface area contributed by atoms with Crippen LogP contribution < -0.4 is 5.32 Å². The number of nitrogens with one attached hydrogen (secondary N) is 1. The second-order valence-electron chi connectivity index (χ2n) is 7.49. The predicted molar refractivity (Wildman–Crippen MR) is 136 cm³/mol. The first-order valence-corrected chi connectivity index (χ1v) is 11.3. The molecular formula is C27H45N3. The largest absolute Gasteiger partial charge is 0.383 e. The Labute approximate surface area is 186 Å². The van der Waals surface area contributed by atoms with Gasteiger partial charge in [0, 0.05) is 44.3 Å². The van der Waals surface area contributed by atoms with E-state index in [9.17, 15) is 0 Å². The van der Waals surface area contributed by atoms with Crippen LogP contribution in [0.2, 0.25) is 0 Å². The summed E-state index contributed by atoms with van der Waals surface area (Å²) in [6.07, 6.45) is 23.0. The minimum atomic E-state index is 0.565. The molecule has 0 atom stereocenters. The first kappa shape index (κ1) is 27.6. The summed E-state index contributed by atoms with van der Waals surface area (Å²) >= 11 is 0. The Kier molecular flexibility index (Phi) is 15.1. The lowest BCUT2D eigenvalue weighted by Gasteiger charge is -2.25. The average Bonchev–Trinajstić information content (AvgIpc) is 2.74. The van der Waals surface area contributed by atoms with E-state index in [0.717, 1.165) is 22.7 Å². The third-order valence-corrected chi connectivity index (χ3v) is 4.84. The predicted octanol–water partition coefficient (Wildman–Crippen LogP) is 6.93. The van der Waals surface area contributed by atoms with Gasteiger partial charge >= 0.3 is 0 Å². The summed E-state index contributed by atoms with van der Waals surface area (Å²) in [5.74, 6) is 0. The lowest BCUT2D eigenvalue weighted by atomic mass is 9.95. The van der Waals surface area contributed by atoms with Gasteiger partial charge in [-0.2, -0.15) is 0 Å². The minimum Gasteiger partial charge on any atom is -0.383 e. The molecule has 168 valence electrons. The van der Waals surface area contributed by atoms with Crippen LogP contribution in [0, 0.1) is 0 Å². The highest BCUT2D eigenvalue weighted by Gasteiger charge is 2.13. The van der Waals surface area contributed by atoms with Crippen molar-refractivity contribution < 1.29 is 0 Å². The molecule has 0 aromatic carbocycles. The standard InChI is InChI=1S/C25H39N3.C2H6/c1-8-14-23(15-13-20-27(5)6)25(9-2)28(7)22(4)19-18-21(3)26-24-16-11-10-12-17-24;1-2/h8-9,13-15,18-20,24,26H,3-4,10-12,16-17H2,1-2,5-7H3;1-2H3/b14-8-,19-18-,20-13+,23-15+,25-9-;. The van der Waals surface area contributed by atoms with Gasteiger partial charge < -0.3 is 15.1 Å². The number of rotatable bonds is 10. The third-order valence-electron chi connectivity index (χ3n) is 4.84. The van der Waals surface area contributed by atoms with Crippen LogP contribution in [0.1, 0.15) is 59.8 Å². The molecule has 0 amide bonds. The molecule has 0 unspecified atom stereocenters. The average molecular weight is 412 g/mol. The van der Waals surface area contributed by atoms with E-state index in [0.29, 0.717) is 6.04 Å². The molecule has 30 heavy (non-hydrogen) atoms. The number of hydrogen-bond acceptors (Lipinski definition) is 3. The van der Waals surface area contributed by atoms with Crippen molar-refractivity contribution >= 4 is 0 Å². The smallest absolute Gasteiger partial charge is 0.0438 e. The van der Waals surface area contributed by atoms with Crippen LogP contribution in [-0.2, 0) is 0 Å². The molecule has 1 aliphatic rings. The zero-order valence-electron chi connectivity index (χ0n) is 20.5. The quantitative estimate of drug-likeness (QED) is 0.393. The molecule has 1 aliphatic carbocycles. The molecule has 1 rings (SSSR count). The summed E-state index contributed by atoms with van der Waals surface area (Å²) in [7, 11) is 6.08. The lowest BCUT2D eigenvalue weighted by Crippen LogP contribution is -2.29. The molecule has 1 fully saturated rings. The fraction of sp³-hybridized carbons (Fsp3) is 0.481. The van der Waals surface area contributed by atoms with Crippen molar-refractivity contribution in [2.45, 2.75) is 65.8 Å². The Morgan fingerprint density at radius 3 is 2.10 bits per heavy atom. The number of nitrogens with zero attached hydrogens (tertiary/aromatic N) is 2. The monoisotopic (exact) mass is 411 g/mol. The van der Waals surface area contributed by atoms with E-state index >= 15 is 0 Å². The van der Waals surface area contributed by atoms with E-state index in [-0.39, 0.29) is 0 Å². The van der Waals surface area contributed by atoms with Crippen molar-refractivity contribution in [1.29, 1.82) is 0 Å². The van der Waals surface area contributed by atoms with E-state index < -0.39 is 0 Å². The summed E-state index contributed by atoms with van der Waals surface area (Å²) in [4.78, 5) is 4.13. The Morgan fingerprint density at radius 2 is 1.57 bits per heavy atom. The first-order valence-electron chi connectivity index (χ1n) is 11.3. The highest BCUT2D eigenvalue weighted by molar-refractivity contribution is 5.43. The van der Waals surface area contributed by atoms with Gasteiger partial charge in [0.15, 0.2) is 0 Å². The SMILES string of the molecule is C=C(/C=C\C(=C)N(C)C(=C\C)/C(/C=C\C)=C/C=C/N(C)C)NC1CCCCC1.CC. The van der Waals surface area contributed by atoms with Gasteiger partial charge in [-0.1, -0.05) is 70.6 Å². The van der Waals surface area contributed by atoms with Crippen molar-refractivity contribution in [1.82, 2.24) is 15.1 Å². The molecule has 0 spiro atoms. The zero-order valence-corrected chi connectivity index (χ0v) is 20.5. The van der Waals surface area contributed by atoms with Crippen LogP contribution in [0.5, 0.6) is 0 Å². The molecular weight excluding hydrogens is 366 g/mol. The normalized spacial score (nSPS) is 16.0. The van der Waals surface area contributed by atoms with Gasteiger partial charge in [0.25, 0.3) is 0 Å². The molecule has 0 bridgehead atoms. The maximum Gasteiger partial charge on any atom is 0.0438 e. The van der Waals surface area contributed by atoms with E-state index in [2.05, 4.69) is 60.7 Å². The molecule has 0 heterocycles. The maximum atomic E-state index is 4.25. The van der Waals surface area contributed by atoms with Crippen LogP contribution in [-0.4, -0.2) is 37.0 Å². The summed E-state index contributed by atoms with van der Waals surface area (Å²) in [5, 5.41) is 3.55. The maximum absolute atomic E-state index is 4.25. The van der Waals surface area contributed by atoms with Gasteiger partial charge in [0.05, 0.1) is 0 Å². The van der Waals surface area contributed by atoms with Crippen molar-refractivity contribution in [3.05, 3.63) is 84.6 Å². The fourth-order valence-corrected chi connectivity index (χ4v) is 3.30. The van der Waals surface area contributed by atoms with Crippen LogP contribution in [0.25, 0.3) is 0 Å². The Hall–Kier alpha value is -2.42. The second kappa shape index (κ2) is 16.4. The summed E-state index contributed by atoms with van der Waals surface area (Å²) in [6, 6.07) is 0.565. The Bertz CT molecular complexity index is 654. The number of likely N-dealkylation sites (N-methyl/N-ethyl adjacent to an activating group) is 1. The minimum absolute atomic E-state index is 0.565. The first-order chi connectivity index (χ1) is 14.4. The Balaban J connectivity index is 0.00000407. The summed E-state index contributed by atoms with van der Waals surface area (Å²) in [5.41, 5.74) is 4.13. The van der Waals surface area contributed by atoms with Gasteiger partial charge in [0.1, 0.15) is 0 Å². The molecule has 3 heteroatoms. The van der Waals surface area contributed by atoms with Crippen molar-refractivity contribution in [2.24, 2.45) is 0 Å². The molecule has 0 aromatic rings. The molecule has 1 saturated carbocycles. The van der Waals surface area contributed by atoms with Crippen molar-refractivity contribution in [3.63, 3.8) is 0 Å².